The van der Waals surface area contributed by atoms with Crippen molar-refractivity contribution < 1.29 is 0 Å². The summed E-state index contributed by atoms with van der Waals surface area (Å²) in [4.78, 5) is 0. The standard InChI is InChI=1S/C17H27N3/c1-2-3-4-5-6-7-8-9-12-20-17-13-15(14-18)10-11-16(17)19/h10-11,13,20H,2-9,12,19H2,1H3. The predicted molar refractivity (Wildman–Crippen MR) is 86.7 cm³/mol. The molecule has 0 fully saturated rings. The molecule has 0 heterocycles. The zero-order chi connectivity index (χ0) is 14.6. The van der Waals surface area contributed by atoms with Gasteiger partial charge in [-0.05, 0) is 24.6 Å². The van der Waals surface area contributed by atoms with E-state index in [2.05, 4.69) is 18.3 Å². The first-order valence-electron chi connectivity index (χ1n) is 7.81. The molecular formula is C17H27N3. The van der Waals surface area contributed by atoms with Gasteiger partial charge in [-0.3, -0.25) is 0 Å². The summed E-state index contributed by atoms with van der Waals surface area (Å²) in [5.41, 5.74) is 8.12. The smallest absolute Gasteiger partial charge is 0.0992 e. The molecule has 3 nitrogen and oxygen atoms in total. The van der Waals surface area contributed by atoms with E-state index in [0.29, 0.717) is 11.3 Å². The molecule has 1 aromatic carbocycles. The molecule has 3 heteroatoms. The third-order valence-corrected chi connectivity index (χ3v) is 3.53. The lowest BCUT2D eigenvalue weighted by atomic mass is 10.1. The molecule has 1 rings (SSSR count). The summed E-state index contributed by atoms with van der Waals surface area (Å²) in [6, 6.07) is 7.49. The topological polar surface area (TPSA) is 61.8 Å². The van der Waals surface area contributed by atoms with Crippen LogP contribution in [0.4, 0.5) is 11.4 Å². The Bertz CT molecular complexity index is 421. The molecule has 0 unspecified atom stereocenters. The molecular weight excluding hydrogens is 246 g/mol. The Morgan fingerprint density at radius 3 is 2.35 bits per heavy atom. The minimum atomic E-state index is 0.651. The van der Waals surface area contributed by atoms with Crippen LogP contribution in [0.2, 0.25) is 0 Å². The van der Waals surface area contributed by atoms with Crippen molar-refractivity contribution in [2.75, 3.05) is 17.6 Å². The van der Waals surface area contributed by atoms with Crippen molar-refractivity contribution in [1.82, 2.24) is 0 Å². The molecule has 0 saturated carbocycles. The van der Waals surface area contributed by atoms with Gasteiger partial charge in [0.15, 0.2) is 0 Å². The summed E-state index contributed by atoms with van der Waals surface area (Å²) in [6.45, 7) is 3.17. The Morgan fingerprint density at radius 2 is 1.70 bits per heavy atom. The number of unbranched alkanes of at least 4 members (excludes halogenated alkanes) is 7. The number of hydrogen-bond acceptors (Lipinski definition) is 3. The average Bonchev–Trinajstić information content (AvgIpc) is 2.47. The summed E-state index contributed by atoms with van der Waals surface area (Å²) in [6.07, 6.45) is 10.5. The zero-order valence-corrected chi connectivity index (χ0v) is 12.6. The van der Waals surface area contributed by atoms with E-state index in [4.69, 9.17) is 11.0 Å². The molecule has 0 aromatic heterocycles. The van der Waals surface area contributed by atoms with Crippen LogP contribution in [0.5, 0.6) is 0 Å². The van der Waals surface area contributed by atoms with E-state index in [1.165, 1.54) is 44.9 Å². The molecule has 0 aliphatic heterocycles. The average molecular weight is 273 g/mol. The van der Waals surface area contributed by atoms with Gasteiger partial charge in [-0.1, -0.05) is 51.9 Å². The molecule has 0 atom stereocenters. The van der Waals surface area contributed by atoms with Crippen LogP contribution in [0.3, 0.4) is 0 Å². The van der Waals surface area contributed by atoms with Crippen molar-refractivity contribution in [3.63, 3.8) is 0 Å². The lowest BCUT2D eigenvalue weighted by Crippen LogP contribution is -2.04. The van der Waals surface area contributed by atoms with E-state index in [9.17, 15) is 0 Å². The number of nitrogens with one attached hydrogen (secondary N) is 1. The number of benzene rings is 1. The van der Waals surface area contributed by atoms with Crippen LogP contribution < -0.4 is 11.1 Å². The summed E-state index contributed by atoms with van der Waals surface area (Å²) in [5, 5.41) is 12.2. The van der Waals surface area contributed by atoms with Gasteiger partial charge in [-0.25, -0.2) is 0 Å². The maximum atomic E-state index is 8.86. The SMILES string of the molecule is CCCCCCCCCCNc1cc(C#N)ccc1N. The number of nitrogen functional groups attached to an aromatic ring is 1. The number of rotatable bonds is 10. The van der Waals surface area contributed by atoms with Crippen molar-refractivity contribution >= 4 is 11.4 Å². The zero-order valence-electron chi connectivity index (χ0n) is 12.6. The summed E-state index contributed by atoms with van der Waals surface area (Å²) >= 11 is 0. The van der Waals surface area contributed by atoms with Gasteiger partial charge in [-0.15, -0.1) is 0 Å². The van der Waals surface area contributed by atoms with Crippen LogP contribution in [0.25, 0.3) is 0 Å². The van der Waals surface area contributed by atoms with E-state index in [1.54, 1.807) is 12.1 Å². The van der Waals surface area contributed by atoms with Crippen LogP contribution >= 0.6 is 0 Å². The Labute approximate surface area is 123 Å². The minimum absolute atomic E-state index is 0.651. The fourth-order valence-electron chi connectivity index (χ4n) is 2.26. The molecule has 20 heavy (non-hydrogen) atoms. The first kappa shape index (κ1) is 16.4. The van der Waals surface area contributed by atoms with E-state index in [0.717, 1.165) is 18.7 Å². The van der Waals surface area contributed by atoms with Gasteiger partial charge in [-0.2, -0.15) is 5.26 Å². The highest BCUT2D eigenvalue weighted by atomic mass is 14.9. The fourth-order valence-corrected chi connectivity index (χ4v) is 2.26. The van der Waals surface area contributed by atoms with Gasteiger partial charge in [0.25, 0.3) is 0 Å². The lowest BCUT2D eigenvalue weighted by molar-refractivity contribution is 0.581. The number of anilines is 2. The molecule has 3 N–H and O–H groups in total. The second kappa shape index (κ2) is 10.1. The van der Waals surface area contributed by atoms with E-state index in [-0.39, 0.29) is 0 Å². The van der Waals surface area contributed by atoms with Gasteiger partial charge >= 0.3 is 0 Å². The highest BCUT2D eigenvalue weighted by Crippen LogP contribution is 2.19. The van der Waals surface area contributed by atoms with Gasteiger partial charge in [0.2, 0.25) is 0 Å². The molecule has 0 bridgehead atoms. The Kier molecular flexibility index (Phi) is 8.30. The summed E-state index contributed by atoms with van der Waals surface area (Å²) < 4.78 is 0. The molecule has 0 amide bonds. The second-order valence-electron chi connectivity index (χ2n) is 5.32. The Balaban J connectivity index is 2.11. The Morgan fingerprint density at radius 1 is 1.05 bits per heavy atom. The predicted octanol–water partition coefficient (Wildman–Crippen LogP) is 4.69. The minimum Gasteiger partial charge on any atom is -0.397 e. The largest absolute Gasteiger partial charge is 0.397 e. The van der Waals surface area contributed by atoms with Crippen LogP contribution in [0.15, 0.2) is 18.2 Å². The van der Waals surface area contributed by atoms with Crippen molar-refractivity contribution in [3.05, 3.63) is 23.8 Å². The van der Waals surface area contributed by atoms with Gasteiger partial charge in [0.05, 0.1) is 23.0 Å². The van der Waals surface area contributed by atoms with Crippen LogP contribution in [0.1, 0.15) is 63.9 Å². The molecule has 0 radical (unpaired) electrons. The third kappa shape index (κ3) is 6.47. The highest BCUT2D eigenvalue weighted by Gasteiger charge is 2.00. The second-order valence-corrected chi connectivity index (χ2v) is 5.32. The summed E-state index contributed by atoms with van der Waals surface area (Å²) in [7, 11) is 0. The Hall–Kier alpha value is -1.69. The lowest BCUT2D eigenvalue weighted by Gasteiger charge is -2.09. The van der Waals surface area contributed by atoms with Gasteiger partial charge in [0, 0.05) is 6.54 Å². The first-order chi connectivity index (χ1) is 9.77. The van der Waals surface area contributed by atoms with Crippen LogP contribution in [-0.2, 0) is 0 Å². The van der Waals surface area contributed by atoms with Crippen molar-refractivity contribution in [3.8, 4) is 6.07 Å². The molecule has 1 aromatic rings. The van der Waals surface area contributed by atoms with E-state index in [1.807, 2.05) is 6.07 Å². The highest BCUT2D eigenvalue weighted by molar-refractivity contribution is 5.68. The van der Waals surface area contributed by atoms with Gasteiger partial charge < -0.3 is 11.1 Å². The summed E-state index contributed by atoms with van der Waals surface area (Å²) in [5.74, 6) is 0. The molecule has 0 aliphatic carbocycles. The van der Waals surface area contributed by atoms with Crippen molar-refractivity contribution in [1.29, 1.82) is 5.26 Å². The molecule has 0 aliphatic rings. The quantitative estimate of drug-likeness (QED) is 0.480. The first-order valence-corrected chi connectivity index (χ1v) is 7.81. The fraction of sp³-hybridized carbons (Fsp3) is 0.588. The maximum absolute atomic E-state index is 8.86. The van der Waals surface area contributed by atoms with Crippen molar-refractivity contribution in [2.45, 2.75) is 58.3 Å². The van der Waals surface area contributed by atoms with Crippen LogP contribution in [-0.4, -0.2) is 6.54 Å². The molecule has 0 saturated heterocycles. The number of nitrogens with two attached hydrogens (primary N) is 1. The van der Waals surface area contributed by atoms with E-state index >= 15 is 0 Å². The maximum Gasteiger partial charge on any atom is 0.0992 e. The van der Waals surface area contributed by atoms with E-state index < -0.39 is 0 Å². The number of hydrogen-bond donors (Lipinski definition) is 2. The van der Waals surface area contributed by atoms with Crippen molar-refractivity contribution in [2.24, 2.45) is 0 Å². The normalized spacial score (nSPS) is 10.2. The number of nitriles is 1. The van der Waals surface area contributed by atoms with Gasteiger partial charge in [0.1, 0.15) is 0 Å². The molecule has 0 spiro atoms. The van der Waals surface area contributed by atoms with Crippen LogP contribution in [0, 0.1) is 11.3 Å². The third-order valence-electron chi connectivity index (χ3n) is 3.53. The number of nitrogens with zero attached hydrogens (tertiary/aromatic N) is 1. The monoisotopic (exact) mass is 273 g/mol. The molecule has 110 valence electrons.